The maximum atomic E-state index is 12.2. The number of hydrogen-bond donors (Lipinski definition) is 2. The molecule has 114 valence electrons. The lowest BCUT2D eigenvalue weighted by Crippen LogP contribution is -2.46. The quantitative estimate of drug-likeness (QED) is 0.800. The first kappa shape index (κ1) is 17.2. The van der Waals surface area contributed by atoms with Crippen LogP contribution in [0.25, 0.3) is 0 Å². The van der Waals surface area contributed by atoms with Crippen LogP contribution in [-0.2, 0) is 4.79 Å². The van der Waals surface area contributed by atoms with Crippen LogP contribution in [0.15, 0.2) is 11.4 Å². The number of amides is 2. The normalized spacial score (nSPS) is 11.2. The van der Waals surface area contributed by atoms with Crippen molar-refractivity contribution >= 4 is 23.2 Å². The molecule has 0 aliphatic rings. The molecule has 2 amide bonds. The maximum absolute atomic E-state index is 12.2. The van der Waals surface area contributed by atoms with Crippen LogP contribution in [0.5, 0.6) is 0 Å². The van der Waals surface area contributed by atoms with Crippen LogP contribution in [0.4, 0.5) is 0 Å². The molecule has 0 fully saturated rings. The predicted molar refractivity (Wildman–Crippen MR) is 83.1 cm³/mol. The van der Waals surface area contributed by atoms with Gasteiger partial charge in [0, 0.05) is 18.7 Å². The highest BCUT2D eigenvalue weighted by atomic mass is 32.1. The minimum Gasteiger partial charge on any atom is -0.384 e. The molecule has 5 nitrogen and oxygen atoms in total. The van der Waals surface area contributed by atoms with E-state index in [1.807, 2.05) is 13.8 Å². The Bertz CT molecular complexity index is 553. The van der Waals surface area contributed by atoms with Crippen molar-refractivity contribution in [2.24, 2.45) is 0 Å². The number of carbonyl (C=O) groups excluding carboxylic acids is 2. The van der Waals surface area contributed by atoms with Crippen LogP contribution in [0.3, 0.4) is 0 Å². The van der Waals surface area contributed by atoms with Crippen molar-refractivity contribution in [3.8, 4) is 11.8 Å². The number of hydrogen-bond acceptors (Lipinski definition) is 4. The first-order valence-electron chi connectivity index (χ1n) is 6.81. The summed E-state index contributed by atoms with van der Waals surface area (Å²) in [6.07, 6.45) is 0. The average molecular weight is 308 g/mol. The van der Waals surface area contributed by atoms with Gasteiger partial charge >= 0.3 is 0 Å². The summed E-state index contributed by atoms with van der Waals surface area (Å²) in [6, 6.07) is 1.14. The zero-order chi connectivity index (χ0) is 15.8. The van der Waals surface area contributed by atoms with Crippen molar-refractivity contribution in [2.75, 3.05) is 19.7 Å². The number of nitrogens with one attached hydrogen (secondary N) is 1. The Morgan fingerprint density at radius 3 is 2.67 bits per heavy atom. The molecule has 0 aliphatic heterocycles. The van der Waals surface area contributed by atoms with Crippen molar-refractivity contribution in [2.45, 2.75) is 26.8 Å². The highest BCUT2D eigenvalue weighted by molar-refractivity contribution is 7.12. The third-order valence-electron chi connectivity index (χ3n) is 2.97. The number of aliphatic hydroxyl groups excluding tert-OH is 1. The lowest BCUT2D eigenvalue weighted by molar-refractivity contribution is -0.132. The van der Waals surface area contributed by atoms with Crippen LogP contribution in [-0.4, -0.2) is 47.6 Å². The fourth-order valence-corrected chi connectivity index (χ4v) is 2.60. The molecule has 1 aromatic heterocycles. The molecule has 2 N–H and O–H groups in total. The molecule has 1 heterocycles. The number of aliphatic hydroxyl groups is 1. The van der Waals surface area contributed by atoms with Crippen LogP contribution in [0.1, 0.15) is 36.0 Å². The molecule has 0 bridgehead atoms. The second kappa shape index (κ2) is 8.45. The zero-order valence-corrected chi connectivity index (χ0v) is 13.3. The van der Waals surface area contributed by atoms with Gasteiger partial charge in [0.1, 0.15) is 17.5 Å². The molecule has 1 rings (SSSR count). The van der Waals surface area contributed by atoms with Crippen molar-refractivity contribution in [1.82, 2.24) is 10.2 Å². The number of likely N-dealkylation sites (N-methyl/N-ethyl adjacent to an activating group) is 1. The zero-order valence-electron chi connectivity index (χ0n) is 12.5. The highest BCUT2D eigenvalue weighted by Crippen LogP contribution is 2.16. The van der Waals surface area contributed by atoms with E-state index in [1.165, 1.54) is 11.3 Å². The summed E-state index contributed by atoms with van der Waals surface area (Å²) < 4.78 is 0. The fraction of sp³-hybridized carbons (Fsp3) is 0.467. The van der Waals surface area contributed by atoms with Crippen molar-refractivity contribution in [3.63, 3.8) is 0 Å². The van der Waals surface area contributed by atoms with Gasteiger partial charge in [0.25, 0.3) is 5.91 Å². The minimum absolute atomic E-state index is 0.104. The topological polar surface area (TPSA) is 69.6 Å². The Kier molecular flexibility index (Phi) is 6.92. The SMILES string of the molecule is CCN(CC)C(=O)C(C)NC(=O)c1sccc1C#CCO. The summed E-state index contributed by atoms with van der Waals surface area (Å²) in [4.78, 5) is 26.4. The minimum atomic E-state index is -0.585. The first-order chi connectivity index (χ1) is 10.0. The summed E-state index contributed by atoms with van der Waals surface area (Å²) in [5, 5.41) is 13.2. The number of carbonyl (C=O) groups is 2. The molecule has 21 heavy (non-hydrogen) atoms. The van der Waals surface area contributed by atoms with Crippen LogP contribution in [0, 0.1) is 11.8 Å². The summed E-state index contributed by atoms with van der Waals surface area (Å²) in [7, 11) is 0. The van der Waals surface area contributed by atoms with E-state index >= 15 is 0 Å². The molecule has 0 spiro atoms. The Labute approximate surface area is 129 Å². The van der Waals surface area contributed by atoms with E-state index in [2.05, 4.69) is 17.2 Å². The molecular formula is C15H20N2O3S. The Morgan fingerprint density at radius 1 is 1.43 bits per heavy atom. The maximum Gasteiger partial charge on any atom is 0.263 e. The monoisotopic (exact) mass is 308 g/mol. The van der Waals surface area contributed by atoms with Crippen molar-refractivity contribution < 1.29 is 14.7 Å². The summed E-state index contributed by atoms with van der Waals surface area (Å²) in [6.45, 7) is 6.44. The Hall–Kier alpha value is -1.84. The standard InChI is InChI=1S/C15H20N2O3S/c1-4-17(5-2)15(20)11(3)16-14(19)13-12(7-6-9-18)8-10-21-13/h8,10-11,18H,4-5,9H2,1-3H3,(H,16,19). The smallest absolute Gasteiger partial charge is 0.263 e. The molecule has 0 saturated heterocycles. The van der Waals surface area contributed by atoms with Gasteiger partial charge in [0.2, 0.25) is 5.91 Å². The Balaban J connectivity index is 2.77. The van der Waals surface area contributed by atoms with Gasteiger partial charge in [-0.3, -0.25) is 9.59 Å². The van der Waals surface area contributed by atoms with Crippen LogP contribution in [0.2, 0.25) is 0 Å². The van der Waals surface area contributed by atoms with Gasteiger partial charge in [-0.15, -0.1) is 11.3 Å². The van der Waals surface area contributed by atoms with Crippen LogP contribution < -0.4 is 5.32 Å². The van der Waals surface area contributed by atoms with Gasteiger partial charge in [0.05, 0.1) is 0 Å². The number of rotatable bonds is 5. The van der Waals surface area contributed by atoms with Crippen molar-refractivity contribution in [1.29, 1.82) is 0 Å². The molecule has 6 heteroatoms. The van der Waals surface area contributed by atoms with E-state index < -0.39 is 6.04 Å². The van der Waals surface area contributed by atoms with E-state index in [9.17, 15) is 9.59 Å². The van der Waals surface area contributed by atoms with E-state index in [-0.39, 0.29) is 18.4 Å². The summed E-state index contributed by atoms with van der Waals surface area (Å²) in [5.41, 5.74) is 0.564. The summed E-state index contributed by atoms with van der Waals surface area (Å²) in [5.74, 6) is 4.82. The van der Waals surface area contributed by atoms with Crippen molar-refractivity contribution in [3.05, 3.63) is 21.9 Å². The van der Waals surface area contributed by atoms with Gasteiger partial charge < -0.3 is 15.3 Å². The molecular weight excluding hydrogens is 288 g/mol. The molecule has 1 unspecified atom stereocenters. The Morgan fingerprint density at radius 2 is 2.10 bits per heavy atom. The van der Waals surface area contributed by atoms with Gasteiger partial charge in [-0.05, 0) is 32.2 Å². The molecule has 0 aliphatic carbocycles. The molecule has 0 radical (unpaired) electrons. The lowest BCUT2D eigenvalue weighted by Gasteiger charge is -2.23. The average Bonchev–Trinajstić information content (AvgIpc) is 2.94. The molecule has 1 aromatic rings. The van der Waals surface area contributed by atoms with Gasteiger partial charge in [-0.2, -0.15) is 0 Å². The van der Waals surface area contributed by atoms with E-state index in [4.69, 9.17) is 5.11 Å². The molecule has 0 aromatic carbocycles. The van der Waals surface area contributed by atoms with Gasteiger partial charge in [-0.25, -0.2) is 0 Å². The van der Waals surface area contributed by atoms with Gasteiger partial charge in [-0.1, -0.05) is 11.8 Å². The van der Waals surface area contributed by atoms with E-state index in [0.29, 0.717) is 23.5 Å². The number of nitrogens with zero attached hydrogens (tertiary/aromatic N) is 1. The third kappa shape index (κ3) is 4.59. The largest absolute Gasteiger partial charge is 0.384 e. The van der Waals surface area contributed by atoms with E-state index in [1.54, 1.807) is 23.3 Å². The first-order valence-corrected chi connectivity index (χ1v) is 7.69. The van der Waals surface area contributed by atoms with Crippen LogP contribution >= 0.6 is 11.3 Å². The highest BCUT2D eigenvalue weighted by Gasteiger charge is 2.22. The van der Waals surface area contributed by atoms with Gasteiger partial charge in [0.15, 0.2) is 0 Å². The molecule has 0 saturated carbocycles. The molecule has 1 atom stereocenters. The third-order valence-corrected chi connectivity index (χ3v) is 3.88. The lowest BCUT2D eigenvalue weighted by atomic mass is 10.2. The number of thiophene rings is 1. The fourth-order valence-electron chi connectivity index (χ4n) is 1.85. The summed E-state index contributed by atoms with van der Waals surface area (Å²) >= 11 is 1.26. The second-order valence-electron chi connectivity index (χ2n) is 4.33. The predicted octanol–water partition coefficient (Wildman–Crippen LogP) is 1.08. The van der Waals surface area contributed by atoms with E-state index in [0.717, 1.165) is 0 Å². The second-order valence-corrected chi connectivity index (χ2v) is 5.25.